The number of aromatic carboxylic acids is 1. The average Bonchev–Trinajstić information content (AvgIpc) is 2.53. The third-order valence-electron chi connectivity index (χ3n) is 6.24. The predicted molar refractivity (Wildman–Crippen MR) is 103 cm³/mol. The van der Waals surface area contributed by atoms with Crippen molar-refractivity contribution in [1.82, 2.24) is 0 Å². The quantitative estimate of drug-likeness (QED) is 0.623. The van der Waals surface area contributed by atoms with Crippen molar-refractivity contribution in [3.05, 3.63) is 34.4 Å². The van der Waals surface area contributed by atoms with Gasteiger partial charge in [-0.25, -0.2) is 4.79 Å². The fraction of sp³-hybridized carbons (Fsp3) is 0.682. The molecule has 1 rings (SSSR count). The molecule has 0 saturated heterocycles. The molecule has 0 aliphatic carbocycles. The van der Waals surface area contributed by atoms with Crippen LogP contribution in [0.3, 0.4) is 0 Å². The van der Waals surface area contributed by atoms with Crippen molar-refractivity contribution in [2.45, 2.75) is 97.8 Å². The third-order valence-corrected chi connectivity index (χ3v) is 6.24. The minimum Gasteiger partial charge on any atom is -0.478 e. The molecule has 0 saturated carbocycles. The zero-order valence-corrected chi connectivity index (χ0v) is 17.1. The Labute approximate surface area is 148 Å². The smallest absolute Gasteiger partial charge is 0.336 e. The van der Waals surface area contributed by atoms with Crippen LogP contribution in [0, 0.1) is 0 Å². The Hall–Kier alpha value is -1.31. The van der Waals surface area contributed by atoms with Gasteiger partial charge >= 0.3 is 5.97 Å². The lowest BCUT2D eigenvalue weighted by Crippen LogP contribution is -2.29. The Balaban J connectivity index is 3.96. The first kappa shape index (κ1) is 20.7. The van der Waals surface area contributed by atoms with E-state index in [1.807, 2.05) is 0 Å². The van der Waals surface area contributed by atoms with E-state index < -0.39 is 5.97 Å². The molecular formula is C22H36O2. The van der Waals surface area contributed by atoms with Gasteiger partial charge in [0.1, 0.15) is 0 Å². The van der Waals surface area contributed by atoms with Crippen LogP contribution in [0.5, 0.6) is 0 Å². The van der Waals surface area contributed by atoms with E-state index in [1.54, 1.807) is 0 Å². The highest BCUT2D eigenvalue weighted by Gasteiger charge is 2.34. The van der Waals surface area contributed by atoms with Crippen molar-refractivity contribution in [3.8, 4) is 0 Å². The number of carboxylic acids is 1. The molecule has 0 aromatic heterocycles. The molecule has 1 aromatic rings. The first-order chi connectivity index (χ1) is 10.8. The Bertz CT molecular complexity index is 569. The van der Waals surface area contributed by atoms with Crippen LogP contribution in [0.25, 0.3) is 0 Å². The molecule has 0 heterocycles. The molecule has 1 N–H and O–H groups in total. The minimum atomic E-state index is -0.802. The van der Waals surface area contributed by atoms with Gasteiger partial charge in [-0.15, -0.1) is 0 Å². The summed E-state index contributed by atoms with van der Waals surface area (Å²) < 4.78 is 0. The van der Waals surface area contributed by atoms with Crippen LogP contribution in [-0.2, 0) is 16.2 Å². The highest BCUT2D eigenvalue weighted by atomic mass is 16.4. The number of hydrogen-bond donors (Lipinski definition) is 1. The molecule has 0 fully saturated rings. The van der Waals surface area contributed by atoms with E-state index in [1.165, 1.54) is 5.56 Å². The monoisotopic (exact) mass is 332 g/mol. The van der Waals surface area contributed by atoms with Gasteiger partial charge in [0, 0.05) is 0 Å². The topological polar surface area (TPSA) is 37.3 Å². The lowest BCUT2D eigenvalue weighted by Gasteiger charge is -2.35. The Morgan fingerprint density at radius 2 is 1.12 bits per heavy atom. The second kappa shape index (κ2) is 6.90. The van der Waals surface area contributed by atoms with Crippen molar-refractivity contribution >= 4 is 5.97 Å². The van der Waals surface area contributed by atoms with E-state index in [-0.39, 0.29) is 16.2 Å². The summed E-state index contributed by atoms with van der Waals surface area (Å²) in [6.45, 7) is 19.6. The van der Waals surface area contributed by atoms with Crippen LogP contribution in [-0.4, -0.2) is 11.1 Å². The largest absolute Gasteiger partial charge is 0.478 e. The van der Waals surface area contributed by atoms with Gasteiger partial charge in [0.25, 0.3) is 0 Å². The van der Waals surface area contributed by atoms with Crippen LogP contribution in [0.4, 0.5) is 0 Å². The summed E-state index contributed by atoms with van der Waals surface area (Å²) in [5.41, 5.74) is 3.44. The molecule has 0 atom stereocenters. The number of carbonyl (C=O) groups is 1. The summed E-state index contributed by atoms with van der Waals surface area (Å²) in [4.78, 5) is 12.2. The Morgan fingerprint density at radius 1 is 0.792 bits per heavy atom. The molecule has 0 spiro atoms. The molecule has 2 nitrogen and oxygen atoms in total. The standard InChI is InChI=1S/C22H36O2/c1-10-20(4,5)15-13-16(21(6,7)11-2)18(19(23)24)17(14-15)22(8,9)12-3/h13-14H,10-12H2,1-9H3,(H,23,24). The van der Waals surface area contributed by atoms with Crippen molar-refractivity contribution in [2.24, 2.45) is 0 Å². The molecule has 136 valence electrons. The van der Waals surface area contributed by atoms with Crippen LogP contribution < -0.4 is 0 Å². The van der Waals surface area contributed by atoms with E-state index >= 15 is 0 Å². The molecule has 0 amide bonds. The normalized spacial score (nSPS) is 13.2. The van der Waals surface area contributed by atoms with Crippen LogP contribution in [0.2, 0.25) is 0 Å². The van der Waals surface area contributed by atoms with E-state index in [0.29, 0.717) is 5.56 Å². The van der Waals surface area contributed by atoms with Gasteiger partial charge in [0.05, 0.1) is 5.56 Å². The van der Waals surface area contributed by atoms with Crippen LogP contribution in [0.15, 0.2) is 12.1 Å². The third kappa shape index (κ3) is 3.84. The average molecular weight is 333 g/mol. The zero-order chi connectivity index (χ0) is 18.9. The number of benzene rings is 1. The van der Waals surface area contributed by atoms with E-state index in [0.717, 1.165) is 30.4 Å². The summed E-state index contributed by atoms with van der Waals surface area (Å²) in [7, 11) is 0. The maximum absolute atomic E-state index is 12.2. The van der Waals surface area contributed by atoms with Crippen molar-refractivity contribution < 1.29 is 9.90 Å². The second-order valence-corrected chi connectivity index (χ2v) is 8.96. The molecule has 1 aromatic carbocycles. The van der Waals surface area contributed by atoms with Gasteiger partial charge in [-0.3, -0.25) is 0 Å². The van der Waals surface area contributed by atoms with Crippen molar-refractivity contribution in [1.29, 1.82) is 0 Å². The van der Waals surface area contributed by atoms with Crippen LogP contribution >= 0.6 is 0 Å². The predicted octanol–water partition coefficient (Wildman–Crippen LogP) is 6.45. The van der Waals surface area contributed by atoms with Gasteiger partial charge in [-0.2, -0.15) is 0 Å². The summed E-state index contributed by atoms with van der Waals surface area (Å²) in [5.74, 6) is -0.802. The second-order valence-electron chi connectivity index (χ2n) is 8.96. The van der Waals surface area contributed by atoms with Gasteiger partial charge in [-0.05, 0) is 52.2 Å². The SMILES string of the molecule is CCC(C)(C)c1cc(C(C)(C)CC)c(C(=O)O)c(C(C)(C)CC)c1. The number of rotatable bonds is 7. The molecule has 24 heavy (non-hydrogen) atoms. The van der Waals surface area contributed by atoms with Crippen molar-refractivity contribution in [3.63, 3.8) is 0 Å². The van der Waals surface area contributed by atoms with Crippen molar-refractivity contribution in [2.75, 3.05) is 0 Å². The Morgan fingerprint density at radius 3 is 1.38 bits per heavy atom. The van der Waals surface area contributed by atoms with Gasteiger partial charge in [0.2, 0.25) is 0 Å². The molecule has 0 unspecified atom stereocenters. The number of hydrogen-bond acceptors (Lipinski definition) is 1. The van der Waals surface area contributed by atoms with E-state index in [9.17, 15) is 9.90 Å². The molecule has 0 radical (unpaired) electrons. The van der Waals surface area contributed by atoms with Gasteiger partial charge in [-0.1, -0.05) is 74.4 Å². The summed E-state index contributed by atoms with van der Waals surface area (Å²) >= 11 is 0. The summed E-state index contributed by atoms with van der Waals surface area (Å²) in [6, 6.07) is 4.32. The lowest BCUT2D eigenvalue weighted by atomic mass is 9.69. The maximum atomic E-state index is 12.2. The Kier molecular flexibility index (Phi) is 5.96. The first-order valence-electron chi connectivity index (χ1n) is 9.26. The van der Waals surface area contributed by atoms with E-state index in [2.05, 4.69) is 74.4 Å². The van der Waals surface area contributed by atoms with Gasteiger partial charge in [0.15, 0.2) is 0 Å². The number of carboxylic acid groups (broad SMARTS) is 1. The van der Waals surface area contributed by atoms with Gasteiger partial charge < -0.3 is 5.11 Å². The lowest BCUT2D eigenvalue weighted by molar-refractivity contribution is 0.0690. The van der Waals surface area contributed by atoms with E-state index in [4.69, 9.17) is 0 Å². The highest BCUT2D eigenvalue weighted by Crippen LogP contribution is 2.41. The molecule has 0 aliphatic rings. The molecule has 0 bridgehead atoms. The fourth-order valence-corrected chi connectivity index (χ4v) is 2.92. The first-order valence-corrected chi connectivity index (χ1v) is 9.26. The molecular weight excluding hydrogens is 296 g/mol. The summed E-state index contributed by atoms with van der Waals surface area (Å²) in [5, 5.41) is 10.0. The maximum Gasteiger partial charge on any atom is 0.336 e. The fourth-order valence-electron chi connectivity index (χ4n) is 2.92. The van der Waals surface area contributed by atoms with Crippen LogP contribution in [0.1, 0.15) is 109 Å². The molecule has 0 aliphatic heterocycles. The minimum absolute atomic E-state index is 0.0359. The molecule has 2 heteroatoms. The summed E-state index contributed by atoms with van der Waals surface area (Å²) in [6.07, 6.45) is 2.85. The zero-order valence-electron chi connectivity index (χ0n) is 17.1. The highest BCUT2D eigenvalue weighted by molar-refractivity contribution is 5.92.